The minimum absolute atomic E-state index is 0.190. The number of hydrogen-bond acceptors (Lipinski definition) is 5. The summed E-state index contributed by atoms with van der Waals surface area (Å²) in [6.07, 6.45) is 3.26. The smallest absolute Gasteiger partial charge is 0.260 e. The molecular formula is C14H14N6OS. The van der Waals surface area contributed by atoms with Crippen molar-refractivity contribution in [2.75, 3.05) is 5.32 Å². The fraction of sp³-hybridized carbons (Fsp3) is 0.286. The largest absolute Gasteiger partial charge is 0.306 e. The number of aryl methyl sites for hydroxylation is 2. The molecule has 112 valence electrons. The van der Waals surface area contributed by atoms with Crippen LogP contribution in [0.4, 0.5) is 5.82 Å². The molecule has 3 aromatic heterocycles. The van der Waals surface area contributed by atoms with Gasteiger partial charge in [-0.2, -0.15) is 22.0 Å². The van der Waals surface area contributed by atoms with Crippen molar-refractivity contribution < 1.29 is 4.79 Å². The second-order valence-corrected chi connectivity index (χ2v) is 6.19. The third-order valence-corrected chi connectivity index (χ3v) is 4.82. The lowest BCUT2D eigenvalue weighted by Crippen LogP contribution is -2.18. The Kier molecular flexibility index (Phi) is 2.93. The molecule has 1 N–H and O–H groups in total. The van der Waals surface area contributed by atoms with Crippen LogP contribution >= 0.6 is 11.8 Å². The Hall–Kier alpha value is -2.35. The van der Waals surface area contributed by atoms with Gasteiger partial charge in [-0.1, -0.05) is 0 Å². The summed E-state index contributed by atoms with van der Waals surface area (Å²) in [5.74, 6) is 2.36. The topological polar surface area (TPSA) is 77.1 Å². The fourth-order valence-electron chi connectivity index (χ4n) is 2.69. The molecule has 4 heterocycles. The van der Waals surface area contributed by atoms with E-state index >= 15 is 0 Å². The van der Waals surface area contributed by atoms with Crippen LogP contribution in [-0.4, -0.2) is 30.3 Å². The first-order chi connectivity index (χ1) is 10.6. The SMILES string of the molecule is Cc1c(C(=O)Nc2c3c(nn2C)CSC3)cnc2ccnn12. The first kappa shape index (κ1) is 13.3. The van der Waals surface area contributed by atoms with Crippen molar-refractivity contribution in [1.29, 1.82) is 0 Å². The zero-order valence-corrected chi connectivity index (χ0v) is 13.0. The Morgan fingerprint density at radius 3 is 3.14 bits per heavy atom. The van der Waals surface area contributed by atoms with Gasteiger partial charge in [0.15, 0.2) is 5.65 Å². The number of hydrogen-bond donors (Lipinski definition) is 1. The van der Waals surface area contributed by atoms with Gasteiger partial charge < -0.3 is 5.32 Å². The van der Waals surface area contributed by atoms with E-state index in [1.54, 1.807) is 27.7 Å². The van der Waals surface area contributed by atoms with Gasteiger partial charge in [0.25, 0.3) is 5.91 Å². The van der Waals surface area contributed by atoms with Crippen LogP contribution in [0.3, 0.4) is 0 Å². The molecule has 8 heteroatoms. The maximum atomic E-state index is 12.6. The second kappa shape index (κ2) is 4.84. The number of fused-ring (bicyclic) bond motifs is 2. The zero-order valence-electron chi connectivity index (χ0n) is 12.2. The number of nitrogens with zero attached hydrogens (tertiary/aromatic N) is 5. The summed E-state index contributed by atoms with van der Waals surface area (Å²) in [6, 6.07) is 1.81. The van der Waals surface area contributed by atoms with Crippen LogP contribution in [-0.2, 0) is 18.6 Å². The number of aromatic nitrogens is 5. The molecule has 1 amide bonds. The maximum absolute atomic E-state index is 12.6. The normalized spacial score (nSPS) is 13.5. The third kappa shape index (κ3) is 1.91. The van der Waals surface area contributed by atoms with Gasteiger partial charge in [-0.3, -0.25) is 9.48 Å². The van der Waals surface area contributed by atoms with Crippen molar-refractivity contribution in [1.82, 2.24) is 24.4 Å². The van der Waals surface area contributed by atoms with E-state index < -0.39 is 0 Å². The van der Waals surface area contributed by atoms with Crippen LogP contribution in [0.15, 0.2) is 18.5 Å². The van der Waals surface area contributed by atoms with Crippen molar-refractivity contribution in [2.45, 2.75) is 18.4 Å². The first-order valence-corrected chi connectivity index (χ1v) is 8.04. The average Bonchev–Trinajstić information content (AvgIpc) is 3.18. The van der Waals surface area contributed by atoms with Crippen LogP contribution in [0.25, 0.3) is 5.65 Å². The highest BCUT2D eigenvalue weighted by atomic mass is 32.2. The molecule has 4 rings (SSSR count). The Balaban J connectivity index is 1.71. The highest BCUT2D eigenvalue weighted by molar-refractivity contribution is 7.98. The molecule has 3 aromatic rings. The van der Waals surface area contributed by atoms with Crippen LogP contribution in [0.5, 0.6) is 0 Å². The fourth-order valence-corrected chi connectivity index (χ4v) is 3.72. The molecule has 0 fully saturated rings. The molecule has 0 radical (unpaired) electrons. The quantitative estimate of drug-likeness (QED) is 0.780. The molecule has 0 unspecified atom stereocenters. The third-order valence-electron chi connectivity index (χ3n) is 3.85. The molecule has 0 aliphatic carbocycles. The molecular weight excluding hydrogens is 300 g/mol. The van der Waals surface area contributed by atoms with E-state index in [9.17, 15) is 4.79 Å². The van der Waals surface area contributed by atoms with Gasteiger partial charge in [0.1, 0.15) is 5.82 Å². The lowest BCUT2D eigenvalue weighted by Gasteiger charge is -2.10. The van der Waals surface area contributed by atoms with Crippen LogP contribution < -0.4 is 5.32 Å². The van der Waals surface area contributed by atoms with Crippen molar-refractivity contribution in [3.8, 4) is 0 Å². The van der Waals surface area contributed by atoms with Gasteiger partial charge in [-0.05, 0) is 6.92 Å². The minimum atomic E-state index is -0.190. The molecule has 1 aliphatic rings. The van der Waals surface area contributed by atoms with Crippen molar-refractivity contribution in [3.05, 3.63) is 41.0 Å². The predicted octanol–water partition coefficient (Wildman–Crippen LogP) is 1.77. The second-order valence-electron chi connectivity index (χ2n) is 5.20. The van der Waals surface area contributed by atoms with E-state index in [2.05, 4.69) is 20.5 Å². The van der Waals surface area contributed by atoms with Crippen LogP contribution in [0, 0.1) is 6.92 Å². The van der Waals surface area contributed by atoms with Crippen LogP contribution in [0.1, 0.15) is 27.3 Å². The number of amides is 1. The molecule has 1 aliphatic heterocycles. The number of carbonyl (C=O) groups is 1. The highest BCUT2D eigenvalue weighted by Gasteiger charge is 2.23. The van der Waals surface area contributed by atoms with Crippen LogP contribution in [0.2, 0.25) is 0 Å². The summed E-state index contributed by atoms with van der Waals surface area (Å²) in [5.41, 5.74) is 4.18. The maximum Gasteiger partial charge on any atom is 0.260 e. The highest BCUT2D eigenvalue weighted by Crippen LogP contribution is 2.34. The summed E-state index contributed by atoms with van der Waals surface area (Å²) in [5, 5.41) is 11.6. The van der Waals surface area contributed by atoms with Gasteiger partial charge in [0.2, 0.25) is 0 Å². The van der Waals surface area contributed by atoms with Gasteiger partial charge >= 0.3 is 0 Å². The summed E-state index contributed by atoms with van der Waals surface area (Å²) in [6.45, 7) is 1.86. The van der Waals surface area contributed by atoms with Gasteiger partial charge in [-0.15, -0.1) is 0 Å². The molecule has 0 saturated carbocycles. The summed E-state index contributed by atoms with van der Waals surface area (Å²) in [7, 11) is 1.85. The van der Waals surface area contributed by atoms with Gasteiger partial charge in [-0.25, -0.2) is 9.50 Å². The number of thioether (sulfide) groups is 1. The Morgan fingerprint density at radius 1 is 1.41 bits per heavy atom. The van der Waals surface area contributed by atoms with E-state index in [-0.39, 0.29) is 5.91 Å². The molecule has 0 spiro atoms. The Bertz CT molecular complexity index is 896. The number of nitrogens with one attached hydrogen (secondary N) is 1. The summed E-state index contributed by atoms with van der Waals surface area (Å²) >= 11 is 1.81. The van der Waals surface area contributed by atoms with Crippen molar-refractivity contribution in [2.24, 2.45) is 7.05 Å². The Labute approximate surface area is 130 Å². The first-order valence-electron chi connectivity index (χ1n) is 6.88. The van der Waals surface area contributed by atoms with Gasteiger partial charge in [0.05, 0.1) is 23.1 Å². The van der Waals surface area contributed by atoms with E-state index in [1.807, 2.05) is 25.7 Å². The monoisotopic (exact) mass is 314 g/mol. The van der Waals surface area contributed by atoms with E-state index in [4.69, 9.17) is 0 Å². The van der Waals surface area contributed by atoms with E-state index in [0.29, 0.717) is 5.56 Å². The number of rotatable bonds is 2. The average molecular weight is 314 g/mol. The number of carbonyl (C=O) groups excluding carboxylic acids is 1. The Morgan fingerprint density at radius 2 is 2.27 bits per heavy atom. The van der Waals surface area contributed by atoms with Crippen molar-refractivity contribution >= 4 is 29.1 Å². The van der Waals surface area contributed by atoms with Gasteiger partial charge in [0, 0.05) is 36.4 Å². The molecule has 0 atom stereocenters. The standard InChI is InChI=1S/C14H14N6OS/c1-8-9(5-15-12-3-4-16-20(8)12)14(21)17-13-10-6-22-7-11(10)18-19(13)2/h3-5H,6-7H2,1-2H3,(H,17,21). The summed E-state index contributed by atoms with van der Waals surface area (Å²) < 4.78 is 3.40. The zero-order chi connectivity index (χ0) is 15.3. The lowest BCUT2D eigenvalue weighted by molar-refractivity contribution is 0.102. The van der Waals surface area contributed by atoms with E-state index in [0.717, 1.165) is 39.9 Å². The molecule has 0 saturated heterocycles. The molecule has 0 bridgehead atoms. The lowest BCUT2D eigenvalue weighted by atomic mass is 10.2. The molecule has 7 nitrogen and oxygen atoms in total. The molecule has 22 heavy (non-hydrogen) atoms. The predicted molar refractivity (Wildman–Crippen MR) is 83.9 cm³/mol. The van der Waals surface area contributed by atoms with Crippen molar-refractivity contribution in [3.63, 3.8) is 0 Å². The summed E-state index contributed by atoms with van der Waals surface area (Å²) in [4.78, 5) is 16.9. The number of anilines is 1. The van der Waals surface area contributed by atoms with E-state index in [1.165, 1.54) is 0 Å². The minimum Gasteiger partial charge on any atom is -0.306 e. The molecule has 0 aromatic carbocycles.